The van der Waals surface area contributed by atoms with Crippen molar-refractivity contribution in [1.82, 2.24) is 10.2 Å². The number of nitrogens with zero attached hydrogens (tertiary/aromatic N) is 2. The summed E-state index contributed by atoms with van der Waals surface area (Å²) in [6, 6.07) is 3.04. The van der Waals surface area contributed by atoms with E-state index in [0.717, 1.165) is 18.9 Å². The molecule has 1 aliphatic heterocycles. The molecule has 6 nitrogen and oxygen atoms in total. The molecule has 0 aliphatic carbocycles. The SMILES string of the molecule is COc1cc(N)c(Cl)cc1C(=O)NCC1=NCCN1C.Cl. The molecule has 0 saturated heterocycles. The predicted octanol–water partition coefficient (Wildman–Crippen LogP) is 1.43. The number of nitrogens with one attached hydrogen (secondary N) is 1. The van der Waals surface area contributed by atoms with Gasteiger partial charge in [0.1, 0.15) is 11.6 Å². The highest BCUT2D eigenvalue weighted by molar-refractivity contribution is 6.33. The zero-order valence-corrected chi connectivity index (χ0v) is 13.4. The van der Waals surface area contributed by atoms with Crippen molar-refractivity contribution in [3.05, 3.63) is 22.7 Å². The summed E-state index contributed by atoms with van der Waals surface area (Å²) >= 11 is 5.94. The Hall–Kier alpha value is -1.66. The van der Waals surface area contributed by atoms with Crippen LogP contribution < -0.4 is 15.8 Å². The van der Waals surface area contributed by atoms with Gasteiger partial charge in [-0.1, -0.05) is 11.6 Å². The smallest absolute Gasteiger partial charge is 0.255 e. The number of methoxy groups -OCH3 is 1. The van der Waals surface area contributed by atoms with Crippen molar-refractivity contribution in [1.29, 1.82) is 0 Å². The summed E-state index contributed by atoms with van der Waals surface area (Å²) in [6.45, 7) is 2.02. The third-order valence-corrected chi connectivity index (χ3v) is 3.47. The lowest BCUT2D eigenvalue weighted by Crippen LogP contribution is -2.36. The van der Waals surface area contributed by atoms with Crippen LogP contribution in [0.4, 0.5) is 5.69 Å². The van der Waals surface area contributed by atoms with E-state index in [9.17, 15) is 4.79 Å². The summed E-state index contributed by atoms with van der Waals surface area (Å²) in [5, 5.41) is 3.13. The van der Waals surface area contributed by atoms with Crippen molar-refractivity contribution < 1.29 is 9.53 Å². The Morgan fingerprint density at radius 2 is 2.29 bits per heavy atom. The van der Waals surface area contributed by atoms with Gasteiger partial charge in [0.2, 0.25) is 0 Å². The summed E-state index contributed by atoms with van der Waals surface area (Å²) in [5.41, 5.74) is 6.42. The standard InChI is InChI=1S/C13H17ClN4O2.ClH/c1-18-4-3-16-12(18)7-17-13(19)8-5-9(14)10(15)6-11(8)20-2;/h5-6H,3-4,7,15H2,1-2H3,(H,17,19);1H. The Kier molecular flexibility index (Phi) is 6.11. The zero-order valence-electron chi connectivity index (χ0n) is 11.9. The first-order chi connectivity index (χ1) is 9.52. The number of anilines is 1. The van der Waals surface area contributed by atoms with Crippen LogP contribution in [-0.4, -0.2) is 50.4 Å². The number of amidine groups is 1. The summed E-state index contributed by atoms with van der Waals surface area (Å²) in [5.74, 6) is 0.983. The van der Waals surface area contributed by atoms with Gasteiger partial charge in [-0.15, -0.1) is 12.4 Å². The van der Waals surface area contributed by atoms with E-state index in [4.69, 9.17) is 22.1 Å². The molecule has 1 heterocycles. The number of benzene rings is 1. The molecule has 0 aromatic heterocycles. The summed E-state index contributed by atoms with van der Waals surface area (Å²) < 4.78 is 5.16. The molecule has 116 valence electrons. The minimum Gasteiger partial charge on any atom is -0.496 e. The maximum Gasteiger partial charge on any atom is 0.255 e. The Labute approximate surface area is 134 Å². The van der Waals surface area contributed by atoms with E-state index in [1.807, 2.05) is 11.9 Å². The summed E-state index contributed by atoms with van der Waals surface area (Å²) in [4.78, 5) is 18.5. The van der Waals surface area contributed by atoms with E-state index in [-0.39, 0.29) is 18.3 Å². The van der Waals surface area contributed by atoms with Gasteiger partial charge in [0, 0.05) is 19.7 Å². The molecular formula is C13H18Cl2N4O2. The van der Waals surface area contributed by atoms with Gasteiger partial charge in [-0.3, -0.25) is 9.79 Å². The lowest BCUT2D eigenvalue weighted by atomic mass is 10.1. The van der Waals surface area contributed by atoms with Crippen molar-refractivity contribution in [2.45, 2.75) is 0 Å². The topological polar surface area (TPSA) is 79.9 Å². The van der Waals surface area contributed by atoms with Crippen LogP contribution >= 0.6 is 24.0 Å². The van der Waals surface area contributed by atoms with E-state index in [2.05, 4.69) is 10.3 Å². The number of halogens is 2. The van der Waals surface area contributed by atoms with Gasteiger partial charge < -0.3 is 20.7 Å². The first kappa shape index (κ1) is 17.4. The normalized spacial score (nSPS) is 13.5. The Bertz CT molecular complexity index is 563. The number of hydrogen-bond donors (Lipinski definition) is 2. The fraction of sp³-hybridized carbons (Fsp3) is 0.385. The largest absolute Gasteiger partial charge is 0.496 e. The molecular weight excluding hydrogens is 315 g/mol. The molecule has 0 bridgehead atoms. The van der Waals surface area contributed by atoms with Crippen molar-refractivity contribution in [2.24, 2.45) is 4.99 Å². The van der Waals surface area contributed by atoms with E-state index in [1.165, 1.54) is 19.2 Å². The fourth-order valence-electron chi connectivity index (χ4n) is 1.94. The minimum atomic E-state index is -0.272. The van der Waals surface area contributed by atoms with Crippen LogP contribution in [0.3, 0.4) is 0 Å². The second-order valence-corrected chi connectivity index (χ2v) is 4.88. The number of likely N-dealkylation sites (N-methyl/N-ethyl adjacent to an activating group) is 1. The van der Waals surface area contributed by atoms with Crippen molar-refractivity contribution in [2.75, 3.05) is 39.5 Å². The molecule has 1 aromatic carbocycles. The van der Waals surface area contributed by atoms with Crippen molar-refractivity contribution in [3.8, 4) is 5.75 Å². The van der Waals surface area contributed by atoms with E-state index in [1.54, 1.807) is 0 Å². The molecule has 21 heavy (non-hydrogen) atoms. The van der Waals surface area contributed by atoms with Gasteiger partial charge in [-0.05, 0) is 6.07 Å². The number of amides is 1. The third-order valence-electron chi connectivity index (χ3n) is 3.14. The van der Waals surface area contributed by atoms with Crippen LogP contribution in [0.2, 0.25) is 5.02 Å². The first-order valence-electron chi connectivity index (χ1n) is 6.18. The van der Waals surface area contributed by atoms with Gasteiger partial charge >= 0.3 is 0 Å². The first-order valence-corrected chi connectivity index (χ1v) is 6.56. The predicted molar refractivity (Wildman–Crippen MR) is 86.9 cm³/mol. The molecule has 3 N–H and O–H groups in total. The van der Waals surface area contributed by atoms with Crippen LogP contribution in [0.1, 0.15) is 10.4 Å². The van der Waals surface area contributed by atoms with Gasteiger partial charge in [-0.2, -0.15) is 0 Å². The zero-order chi connectivity index (χ0) is 14.7. The Balaban J connectivity index is 0.00000220. The highest BCUT2D eigenvalue weighted by atomic mass is 35.5. The second kappa shape index (κ2) is 7.38. The lowest BCUT2D eigenvalue weighted by molar-refractivity contribution is 0.0955. The molecule has 0 fully saturated rings. The maximum atomic E-state index is 12.2. The van der Waals surface area contributed by atoms with Gasteiger partial charge in [-0.25, -0.2) is 0 Å². The quantitative estimate of drug-likeness (QED) is 0.817. The number of carbonyl (C=O) groups excluding carboxylic acids is 1. The highest BCUT2D eigenvalue weighted by Crippen LogP contribution is 2.28. The third kappa shape index (κ3) is 3.92. The number of ether oxygens (including phenoxy) is 1. The number of nitrogen functional groups attached to an aromatic ring is 1. The van der Waals surface area contributed by atoms with Crippen LogP contribution in [0.5, 0.6) is 5.75 Å². The number of hydrogen-bond acceptors (Lipinski definition) is 5. The maximum absolute atomic E-state index is 12.2. The number of carbonyl (C=O) groups is 1. The van der Waals surface area contributed by atoms with E-state index in [0.29, 0.717) is 28.6 Å². The van der Waals surface area contributed by atoms with Crippen LogP contribution in [0, 0.1) is 0 Å². The molecule has 1 amide bonds. The number of aliphatic imine (C=N–C) groups is 1. The molecule has 2 rings (SSSR count). The molecule has 0 atom stereocenters. The molecule has 0 unspecified atom stereocenters. The van der Waals surface area contributed by atoms with Crippen LogP contribution in [0.25, 0.3) is 0 Å². The van der Waals surface area contributed by atoms with E-state index < -0.39 is 0 Å². The monoisotopic (exact) mass is 332 g/mol. The van der Waals surface area contributed by atoms with Gasteiger partial charge in [0.25, 0.3) is 5.91 Å². The number of rotatable bonds is 4. The second-order valence-electron chi connectivity index (χ2n) is 4.48. The Morgan fingerprint density at radius 1 is 1.57 bits per heavy atom. The molecule has 1 aliphatic rings. The molecule has 0 saturated carbocycles. The summed E-state index contributed by atoms with van der Waals surface area (Å²) in [6.07, 6.45) is 0. The van der Waals surface area contributed by atoms with Crippen LogP contribution in [-0.2, 0) is 0 Å². The fourth-order valence-corrected chi connectivity index (χ4v) is 2.10. The molecule has 0 radical (unpaired) electrons. The summed E-state index contributed by atoms with van der Waals surface area (Å²) in [7, 11) is 3.42. The van der Waals surface area contributed by atoms with E-state index >= 15 is 0 Å². The average molecular weight is 333 g/mol. The highest BCUT2D eigenvalue weighted by Gasteiger charge is 2.17. The molecule has 8 heteroatoms. The molecule has 1 aromatic rings. The lowest BCUT2D eigenvalue weighted by Gasteiger charge is -2.15. The average Bonchev–Trinajstić information content (AvgIpc) is 2.84. The number of nitrogens with two attached hydrogens (primary N) is 1. The minimum absolute atomic E-state index is 0. The van der Waals surface area contributed by atoms with Gasteiger partial charge in [0.05, 0.1) is 36.5 Å². The van der Waals surface area contributed by atoms with Crippen molar-refractivity contribution in [3.63, 3.8) is 0 Å². The van der Waals surface area contributed by atoms with Crippen LogP contribution in [0.15, 0.2) is 17.1 Å². The van der Waals surface area contributed by atoms with Crippen molar-refractivity contribution >= 4 is 41.4 Å². The molecule has 0 spiro atoms. The van der Waals surface area contributed by atoms with Gasteiger partial charge in [0.15, 0.2) is 0 Å². The Morgan fingerprint density at radius 3 is 2.86 bits per heavy atom.